The van der Waals surface area contributed by atoms with Gasteiger partial charge in [-0.25, -0.2) is 0 Å². The molecule has 0 aliphatic carbocycles. The van der Waals surface area contributed by atoms with E-state index >= 15 is 0 Å². The average molecular weight is 341 g/mol. The maximum atomic E-state index is 12.2. The van der Waals surface area contributed by atoms with Gasteiger partial charge in [0, 0.05) is 13.1 Å². The van der Waals surface area contributed by atoms with E-state index < -0.39 is 0 Å². The number of nitrogens with zero attached hydrogens (tertiary/aromatic N) is 1. The minimum Gasteiger partial charge on any atom is -0.456 e. The van der Waals surface area contributed by atoms with Crippen LogP contribution in [0.3, 0.4) is 0 Å². The summed E-state index contributed by atoms with van der Waals surface area (Å²) in [6.07, 6.45) is 0. The maximum absolute atomic E-state index is 12.2. The van der Waals surface area contributed by atoms with E-state index in [1.54, 1.807) is 6.07 Å². The number of hydrogen-bond donors (Lipinski definition) is 0. The Morgan fingerprint density at radius 1 is 0.920 bits per heavy atom. The van der Waals surface area contributed by atoms with E-state index in [1.807, 2.05) is 57.2 Å². The molecule has 25 heavy (non-hydrogen) atoms. The molecule has 4 nitrogen and oxygen atoms in total. The van der Waals surface area contributed by atoms with Gasteiger partial charge in [0.1, 0.15) is 11.2 Å². The lowest BCUT2D eigenvalue weighted by molar-refractivity contribution is 0.0503. The Morgan fingerprint density at radius 2 is 1.56 bits per heavy atom. The fourth-order valence-electron chi connectivity index (χ4n) is 2.67. The summed E-state index contributed by atoms with van der Waals surface area (Å²) in [7, 11) is 2.11. The van der Waals surface area contributed by atoms with Gasteiger partial charge in [0.25, 0.3) is 0 Å². The van der Waals surface area contributed by atoms with Crippen LogP contribution in [0.1, 0.15) is 19.4 Å². The van der Waals surface area contributed by atoms with Crippen LogP contribution in [0.4, 0.5) is 0 Å². The van der Waals surface area contributed by atoms with Gasteiger partial charge in [-0.3, -0.25) is 4.79 Å². The van der Waals surface area contributed by atoms with Crippen molar-refractivity contribution in [3.8, 4) is 0 Å². The van der Waals surface area contributed by atoms with Crippen molar-refractivity contribution in [1.29, 1.82) is 0 Å². The van der Waals surface area contributed by atoms with E-state index in [0.717, 1.165) is 31.9 Å². The molecule has 1 fully saturated rings. The van der Waals surface area contributed by atoms with Crippen LogP contribution in [0.2, 0.25) is 0 Å². The minimum absolute atomic E-state index is 0.0509. The molecule has 0 radical (unpaired) electrons. The van der Waals surface area contributed by atoms with E-state index in [2.05, 4.69) is 11.9 Å². The zero-order valence-corrected chi connectivity index (χ0v) is 15.5. The molecule has 0 amide bonds. The van der Waals surface area contributed by atoms with Gasteiger partial charge in [-0.2, -0.15) is 0 Å². The molecule has 1 saturated heterocycles. The van der Waals surface area contributed by atoms with Crippen molar-refractivity contribution in [2.24, 2.45) is 0 Å². The van der Waals surface area contributed by atoms with Crippen molar-refractivity contribution < 1.29 is 9.15 Å². The summed E-state index contributed by atoms with van der Waals surface area (Å²) in [5.74, 6) is 0. The second-order valence-electron chi connectivity index (χ2n) is 5.79. The molecule has 1 aromatic heterocycles. The SMILES string of the molecule is CC.CN1CCOCC1.Cc1cccc2oc3ccccc3c(=O)c12. The normalized spacial score (nSPS) is 14.4. The fraction of sp³-hybridized carbons (Fsp3) is 0.381. The van der Waals surface area contributed by atoms with Gasteiger partial charge in [-0.1, -0.05) is 38.1 Å². The summed E-state index contributed by atoms with van der Waals surface area (Å²) in [4.78, 5) is 14.5. The molecular formula is C21H27NO3. The molecule has 134 valence electrons. The largest absolute Gasteiger partial charge is 0.456 e. The van der Waals surface area contributed by atoms with Gasteiger partial charge in [-0.15, -0.1) is 0 Å². The summed E-state index contributed by atoms with van der Waals surface area (Å²) >= 11 is 0. The lowest BCUT2D eigenvalue weighted by atomic mass is 10.1. The zero-order valence-electron chi connectivity index (χ0n) is 15.5. The fourth-order valence-corrected chi connectivity index (χ4v) is 2.67. The third kappa shape index (κ3) is 4.68. The van der Waals surface area contributed by atoms with Gasteiger partial charge in [0.2, 0.25) is 5.43 Å². The molecule has 0 unspecified atom stereocenters. The smallest absolute Gasteiger partial charge is 0.200 e. The summed E-state index contributed by atoms with van der Waals surface area (Å²) in [6, 6.07) is 13.0. The number of ether oxygens (including phenoxy) is 1. The van der Waals surface area contributed by atoms with Crippen LogP contribution in [-0.4, -0.2) is 38.3 Å². The minimum atomic E-state index is 0.0509. The Kier molecular flexibility index (Phi) is 7.16. The second-order valence-corrected chi connectivity index (χ2v) is 5.79. The highest BCUT2D eigenvalue weighted by Crippen LogP contribution is 2.20. The van der Waals surface area contributed by atoms with Crippen LogP contribution < -0.4 is 5.43 Å². The first-order valence-corrected chi connectivity index (χ1v) is 8.84. The van der Waals surface area contributed by atoms with Crippen LogP contribution in [0, 0.1) is 6.92 Å². The van der Waals surface area contributed by atoms with E-state index in [-0.39, 0.29) is 5.43 Å². The van der Waals surface area contributed by atoms with Crippen molar-refractivity contribution >= 4 is 21.9 Å². The molecule has 1 aliphatic rings. The predicted molar refractivity (Wildman–Crippen MR) is 104 cm³/mol. The summed E-state index contributed by atoms with van der Waals surface area (Å²) < 4.78 is 10.8. The number of aryl methyl sites for hydroxylation is 1. The molecule has 0 saturated carbocycles. The van der Waals surface area contributed by atoms with Crippen LogP contribution in [0.25, 0.3) is 21.9 Å². The van der Waals surface area contributed by atoms with Gasteiger partial charge in [-0.05, 0) is 37.7 Å². The first-order valence-electron chi connectivity index (χ1n) is 8.84. The Balaban J connectivity index is 0.000000211. The van der Waals surface area contributed by atoms with Crippen LogP contribution in [0.15, 0.2) is 51.7 Å². The highest BCUT2D eigenvalue weighted by atomic mass is 16.5. The Bertz CT molecular complexity index is 864. The van der Waals surface area contributed by atoms with Gasteiger partial charge in [0.15, 0.2) is 0 Å². The third-order valence-corrected chi connectivity index (χ3v) is 4.05. The molecule has 0 spiro atoms. The topological polar surface area (TPSA) is 42.7 Å². The molecule has 0 bridgehead atoms. The predicted octanol–water partition coefficient (Wildman–Crippen LogP) is 4.23. The van der Waals surface area contributed by atoms with Crippen molar-refractivity contribution in [3.05, 3.63) is 58.3 Å². The Labute approximate surface area is 149 Å². The van der Waals surface area contributed by atoms with E-state index in [4.69, 9.17) is 9.15 Å². The number of hydrogen-bond acceptors (Lipinski definition) is 4. The highest BCUT2D eigenvalue weighted by Gasteiger charge is 2.08. The number of likely N-dealkylation sites (N-methyl/N-ethyl adjacent to an activating group) is 1. The number of benzene rings is 2. The van der Waals surface area contributed by atoms with E-state index in [1.165, 1.54) is 0 Å². The molecule has 1 aliphatic heterocycles. The molecule has 4 heteroatoms. The van der Waals surface area contributed by atoms with E-state index in [9.17, 15) is 4.79 Å². The molecule has 2 aromatic carbocycles. The number of rotatable bonds is 0. The van der Waals surface area contributed by atoms with Crippen LogP contribution >= 0.6 is 0 Å². The van der Waals surface area contributed by atoms with Gasteiger partial charge >= 0.3 is 0 Å². The molecular weight excluding hydrogens is 314 g/mol. The molecule has 0 atom stereocenters. The number of morpholine rings is 1. The van der Waals surface area contributed by atoms with Crippen LogP contribution in [-0.2, 0) is 4.74 Å². The zero-order chi connectivity index (χ0) is 18.2. The first kappa shape index (κ1) is 19.2. The van der Waals surface area contributed by atoms with Crippen molar-refractivity contribution in [1.82, 2.24) is 4.90 Å². The number of para-hydroxylation sites is 1. The van der Waals surface area contributed by atoms with Crippen molar-refractivity contribution in [3.63, 3.8) is 0 Å². The summed E-state index contributed by atoms with van der Waals surface area (Å²) in [6.45, 7) is 9.95. The van der Waals surface area contributed by atoms with Crippen LogP contribution in [0.5, 0.6) is 0 Å². The standard InChI is InChI=1S/C14H10O2.C5H11NO.C2H6/c1-9-5-4-8-12-13(9)14(15)10-6-2-3-7-11(10)16-12;1-6-2-4-7-5-3-6;1-2/h2-8H,1H3;2-5H2,1H3;1-2H3. The number of fused-ring (bicyclic) bond motifs is 2. The average Bonchev–Trinajstić information content (AvgIpc) is 2.65. The van der Waals surface area contributed by atoms with Gasteiger partial charge in [0.05, 0.1) is 24.0 Å². The maximum Gasteiger partial charge on any atom is 0.200 e. The van der Waals surface area contributed by atoms with E-state index in [0.29, 0.717) is 21.9 Å². The third-order valence-electron chi connectivity index (χ3n) is 4.05. The summed E-state index contributed by atoms with van der Waals surface area (Å²) in [5, 5.41) is 1.32. The highest BCUT2D eigenvalue weighted by molar-refractivity contribution is 5.91. The lowest BCUT2D eigenvalue weighted by Gasteiger charge is -2.21. The van der Waals surface area contributed by atoms with Gasteiger partial charge < -0.3 is 14.1 Å². The first-order chi connectivity index (χ1) is 12.2. The Hall–Kier alpha value is -2.17. The monoisotopic (exact) mass is 341 g/mol. The lowest BCUT2D eigenvalue weighted by Crippen LogP contribution is -2.32. The Morgan fingerprint density at radius 3 is 2.20 bits per heavy atom. The van der Waals surface area contributed by atoms with Crippen molar-refractivity contribution in [2.75, 3.05) is 33.4 Å². The molecule has 3 aromatic rings. The molecule has 4 rings (SSSR count). The quantitative estimate of drug-likeness (QED) is 0.574. The van der Waals surface area contributed by atoms with Crippen molar-refractivity contribution in [2.45, 2.75) is 20.8 Å². The molecule has 0 N–H and O–H groups in total. The molecule has 2 heterocycles. The summed E-state index contributed by atoms with van der Waals surface area (Å²) in [5.41, 5.74) is 2.31. The second kappa shape index (κ2) is 9.35.